The summed E-state index contributed by atoms with van der Waals surface area (Å²) in [6.07, 6.45) is 9.62. The minimum absolute atomic E-state index is 0.218. The Bertz CT molecular complexity index is 1070. The molecule has 2 aromatic rings. The Morgan fingerprint density at radius 3 is 2.52 bits per heavy atom. The number of fused-ring (bicyclic) bond motifs is 1. The van der Waals surface area contributed by atoms with E-state index in [-0.39, 0.29) is 5.91 Å². The third-order valence-electron chi connectivity index (χ3n) is 4.23. The summed E-state index contributed by atoms with van der Waals surface area (Å²) in [7, 11) is 0. The van der Waals surface area contributed by atoms with E-state index in [4.69, 9.17) is 34.8 Å². The molecule has 0 bridgehead atoms. The zero-order chi connectivity index (χ0) is 21.0. The van der Waals surface area contributed by atoms with Gasteiger partial charge in [0.25, 0.3) is 5.91 Å². The molecule has 29 heavy (non-hydrogen) atoms. The number of carbonyl (C=O) groups excluding carboxylic acids is 1. The molecule has 0 aromatic heterocycles. The molecule has 0 fully saturated rings. The van der Waals surface area contributed by atoms with E-state index < -0.39 is 0 Å². The number of carbonyl (C=O) groups is 1. The molecule has 0 unspecified atom stereocenters. The highest BCUT2D eigenvalue weighted by Crippen LogP contribution is 2.36. The van der Waals surface area contributed by atoms with Crippen molar-refractivity contribution >= 4 is 69.4 Å². The Labute approximate surface area is 189 Å². The van der Waals surface area contributed by atoms with Gasteiger partial charge in [-0.3, -0.25) is 9.69 Å². The molecule has 4 rings (SSSR count). The number of rotatable bonds is 2. The van der Waals surface area contributed by atoms with Crippen molar-refractivity contribution in [1.29, 1.82) is 0 Å². The van der Waals surface area contributed by atoms with Gasteiger partial charge in [0.05, 0.1) is 27.1 Å². The normalized spacial score (nSPS) is 16.7. The zero-order valence-corrected chi connectivity index (χ0v) is 18.4. The van der Waals surface area contributed by atoms with Crippen molar-refractivity contribution < 1.29 is 4.79 Å². The highest BCUT2D eigenvalue weighted by Gasteiger charge is 2.35. The molecule has 1 heterocycles. The molecule has 148 valence electrons. The van der Waals surface area contributed by atoms with Crippen LogP contribution >= 0.6 is 46.4 Å². The molecule has 0 saturated heterocycles. The number of nitrogens with zero attached hydrogens (tertiary/aromatic N) is 2. The van der Waals surface area contributed by atoms with E-state index in [1.165, 1.54) is 6.38 Å². The number of anilines is 1. The summed E-state index contributed by atoms with van der Waals surface area (Å²) in [4.78, 5) is 19.4. The SMILES string of the molecule is CCl.O=C1C(=Nc2ccc(Cl)c(Cl)c2)c2ccccc2N1C1=CC=CCC(Cl)=C1. The van der Waals surface area contributed by atoms with Crippen molar-refractivity contribution in [3.8, 4) is 0 Å². The van der Waals surface area contributed by atoms with Gasteiger partial charge in [0.15, 0.2) is 0 Å². The molecule has 1 amide bonds. The van der Waals surface area contributed by atoms with Crippen molar-refractivity contribution in [1.82, 2.24) is 0 Å². The van der Waals surface area contributed by atoms with Gasteiger partial charge in [-0.25, -0.2) is 4.99 Å². The van der Waals surface area contributed by atoms with Crippen LogP contribution in [0, 0.1) is 0 Å². The lowest BCUT2D eigenvalue weighted by Gasteiger charge is -2.17. The Morgan fingerprint density at radius 1 is 1.00 bits per heavy atom. The molecule has 1 aliphatic heterocycles. The van der Waals surface area contributed by atoms with E-state index in [0.29, 0.717) is 38.6 Å². The number of alkyl halides is 1. The monoisotopic (exact) mass is 464 g/mol. The molecule has 0 saturated carbocycles. The van der Waals surface area contributed by atoms with Crippen LogP contribution in [0.2, 0.25) is 10.0 Å². The summed E-state index contributed by atoms with van der Waals surface area (Å²) in [5.74, 6) is -0.218. The number of halogens is 4. The molecule has 7 heteroatoms. The third kappa shape index (κ3) is 4.59. The average molecular weight is 466 g/mol. The lowest BCUT2D eigenvalue weighted by Crippen LogP contribution is -2.28. The average Bonchev–Trinajstić information content (AvgIpc) is 2.85. The second-order valence-electron chi connectivity index (χ2n) is 6.03. The molecule has 0 radical (unpaired) electrons. The molecule has 2 aliphatic rings. The Balaban J connectivity index is 0.00000117. The van der Waals surface area contributed by atoms with Crippen LogP contribution in [0.15, 0.2) is 82.5 Å². The maximum absolute atomic E-state index is 13.2. The molecular formula is C22H16Cl4N2O. The summed E-state index contributed by atoms with van der Waals surface area (Å²) in [6.45, 7) is 0. The summed E-state index contributed by atoms with van der Waals surface area (Å²) < 4.78 is 0. The van der Waals surface area contributed by atoms with Crippen molar-refractivity contribution in [3.05, 3.63) is 93.1 Å². The first-order valence-electron chi connectivity index (χ1n) is 8.63. The first kappa shape index (κ1) is 21.7. The first-order valence-corrected chi connectivity index (χ1v) is 10.5. The van der Waals surface area contributed by atoms with Gasteiger partial charge in [0, 0.05) is 23.4 Å². The maximum Gasteiger partial charge on any atom is 0.282 e. The fourth-order valence-electron chi connectivity index (χ4n) is 3.00. The zero-order valence-electron chi connectivity index (χ0n) is 15.4. The van der Waals surface area contributed by atoms with Crippen LogP contribution < -0.4 is 4.90 Å². The van der Waals surface area contributed by atoms with Gasteiger partial charge in [0.1, 0.15) is 5.71 Å². The van der Waals surface area contributed by atoms with Gasteiger partial charge in [-0.2, -0.15) is 0 Å². The van der Waals surface area contributed by atoms with Crippen molar-refractivity contribution in [3.63, 3.8) is 0 Å². The largest absolute Gasteiger partial charge is 0.282 e. The standard InChI is InChI=1S/C21H13Cl3N2O.CH3Cl/c22-13-5-1-2-6-15(11-13)26-19-8-4-3-7-16(19)20(21(26)27)25-14-9-10-17(23)18(24)12-14;1-2/h1-4,6-12H,5H2;1H3. The van der Waals surface area contributed by atoms with Gasteiger partial charge in [0.2, 0.25) is 0 Å². The van der Waals surface area contributed by atoms with Gasteiger partial charge >= 0.3 is 0 Å². The van der Waals surface area contributed by atoms with Crippen LogP contribution in [0.4, 0.5) is 11.4 Å². The van der Waals surface area contributed by atoms with Crippen LogP contribution in [0.3, 0.4) is 0 Å². The number of allylic oxidation sites excluding steroid dienone is 5. The second-order valence-corrected chi connectivity index (χ2v) is 7.33. The maximum atomic E-state index is 13.2. The van der Waals surface area contributed by atoms with E-state index in [1.807, 2.05) is 42.5 Å². The predicted molar refractivity (Wildman–Crippen MR) is 124 cm³/mol. The van der Waals surface area contributed by atoms with E-state index in [1.54, 1.807) is 29.2 Å². The second kappa shape index (κ2) is 9.64. The molecule has 2 aromatic carbocycles. The summed E-state index contributed by atoms with van der Waals surface area (Å²) >= 11 is 22.9. The lowest BCUT2D eigenvalue weighted by molar-refractivity contribution is -0.111. The van der Waals surface area contributed by atoms with Gasteiger partial charge in [-0.05, 0) is 36.4 Å². The lowest BCUT2D eigenvalue weighted by atomic mass is 10.1. The van der Waals surface area contributed by atoms with E-state index >= 15 is 0 Å². The van der Waals surface area contributed by atoms with Crippen LogP contribution in [-0.2, 0) is 4.79 Å². The minimum Gasteiger partial charge on any atom is -0.275 e. The number of amides is 1. The molecule has 0 N–H and O–H groups in total. The molecular weight excluding hydrogens is 450 g/mol. The van der Waals surface area contributed by atoms with Crippen molar-refractivity contribution in [2.45, 2.75) is 6.42 Å². The first-order chi connectivity index (χ1) is 14.0. The quantitative estimate of drug-likeness (QED) is 0.428. The molecule has 3 nitrogen and oxygen atoms in total. The number of hydrogen-bond acceptors (Lipinski definition) is 2. The highest BCUT2D eigenvalue weighted by atomic mass is 35.5. The van der Waals surface area contributed by atoms with Gasteiger partial charge < -0.3 is 0 Å². The van der Waals surface area contributed by atoms with E-state index in [2.05, 4.69) is 16.6 Å². The summed E-state index contributed by atoms with van der Waals surface area (Å²) in [5.41, 5.74) is 3.14. The Kier molecular flexibility index (Phi) is 7.20. The van der Waals surface area contributed by atoms with Crippen molar-refractivity contribution in [2.75, 3.05) is 11.3 Å². The summed E-state index contributed by atoms with van der Waals surface area (Å²) in [5, 5.41) is 1.49. The molecule has 0 atom stereocenters. The van der Waals surface area contributed by atoms with Crippen LogP contribution in [0.1, 0.15) is 12.0 Å². The van der Waals surface area contributed by atoms with Gasteiger partial charge in [-0.15, -0.1) is 11.6 Å². The van der Waals surface area contributed by atoms with E-state index in [9.17, 15) is 4.79 Å². The fraction of sp³-hybridized carbons (Fsp3) is 0.0909. The Hall–Kier alpha value is -2.04. The Morgan fingerprint density at radius 2 is 1.76 bits per heavy atom. The minimum atomic E-state index is -0.218. The number of para-hydroxylation sites is 1. The van der Waals surface area contributed by atoms with Gasteiger partial charge in [-0.1, -0.05) is 65.2 Å². The van der Waals surface area contributed by atoms with Crippen molar-refractivity contribution in [2.24, 2.45) is 4.99 Å². The smallest absolute Gasteiger partial charge is 0.275 e. The van der Waals surface area contributed by atoms with Crippen LogP contribution in [0.25, 0.3) is 0 Å². The highest BCUT2D eigenvalue weighted by molar-refractivity contribution is 6.55. The molecule has 1 aliphatic carbocycles. The fourth-order valence-corrected chi connectivity index (χ4v) is 3.49. The topological polar surface area (TPSA) is 32.7 Å². The van der Waals surface area contributed by atoms with E-state index in [0.717, 1.165) is 11.3 Å². The van der Waals surface area contributed by atoms with Crippen LogP contribution in [-0.4, -0.2) is 18.0 Å². The number of aliphatic imine (C=N–C) groups is 1. The number of hydrogen-bond donors (Lipinski definition) is 0. The number of benzene rings is 2. The van der Waals surface area contributed by atoms with Crippen LogP contribution in [0.5, 0.6) is 0 Å². The molecule has 0 spiro atoms. The predicted octanol–water partition coefficient (Wildman–Crippen LogP) is 7.28. The third-order valence-corrected chi connectivity index (χ3v) is 5.23. The summed E-state index contributed by atoms with van der Waals surface area (Å²) in [6, 6.07) is 12.6.